The highest BCUT2D eigenvalue weighted by atomic mass is 32.1. The molecule has 1 saturated heterocycles. The van der Waals surface area contributed by atoms with E-state index >= 15 is 0 Å². The molecule has 0 radical (unpaired) electrons. The lowest BCUT2D eigenvalue weighted by Gasteiger charge is -2.29. The van der Waals surface area contributed by atoms with Crippen LogP contribution in [0.4, 0.5) is 10.3 Å². The van der Waals surface area contributed by atoms with Gasteiger partial charge in [-0.15, -0.1) is 10.2 Å². The van der Waals surface area contributed by atoms with Crippen molar-refractivity contribution >= 4 is 27.5 Å². The van der Waals surface area contributed by atoms with Gasteiger partial charge in [0.05, 0.1) is 6.54 Å². The molecule has 2 rings (SSSR count). The van der Waals surface area contributed by atoms with Gasteiger partial charge in [-0.1, -0.05) is 11.3 Å². The summed E-state index contributed by atoms with van der Waals surface area (Å²) in [5.74, 6) is 0.0508. The van der Waals surface area contributed by atoms with Crippen LogP contribution in [-0.2, 0) is 4.79 Å². The number of carbonyl (C=O) groups is 1. The smallest absolute Gasteiger partial charge is 0.243 e. The maximum atomic E-state index is 11.6. The van der Waals surface area contributed by atoms with E-state index < -0.39 is 0 Å². The fourth-order valence-electron chi connectivity index (χ4n) is 1.33. The van der Waals surface area contributed by atoms with Crippen LogP contribution in [0.1, 0.15) is 0 Å². The maximum Gasteiger partial charge on any atom is 0.243 e. The molecule has 1 aliphatic rings. The van der Waals surface area contributed by atoms with Gasteiger partial charge in [0.2, 0.25) is 16.2 Å². The molecule has 2 N–H and O–H groups in total. The first kappa shape index (κ1) is 9.35. The number of amides is 1. The van der Waals surface area contributed by atoms with Crippen LogP contribution in [0.3, 0.4) is 0 Å². The Balaban J connectivity index is 2.15. The molecule has 0 unspecified atom stereocenters. The topological polar surface area (TPSA) is 75.3 Å². The van der Waals surface area contributed by atoms with Crippen LogP contribution >= 0.6 is 11.3 Å². The summed E-state index contributed by atoms with van der Waals surface area (Å²) in [4.78, 5) is 15.2. The summed E-state index contributed by atoms with van der Waals surface area (Å²) < 4.78 is 0. The van der Waals surface area contributed by atoms with Crippen molar-refractivity contribution in [2.75, 3.05) is 37.3 Å². The molecule has 0 aromatic carbocycles. The number of carbonyl (C=O) groups excluding carboxylic acids is 1. The lowest BCUT2D eigenvalue weighted by Crippen LogP contribution is -2.48. The first-order valence-corrected chi connectivity index (χ1v) is 5.06. The van der Waals surface area contributed by atoms with E-state index in [-0.39, 0.29) is 5.91 Å². The number of anilines is 2. The molecule has 0 bridgehead atoms. The van der Waals surface area contributed by atoms with Gasteiger partial charge in [0.15, 0.2) is 0 Å². The van der Waals surface area contributed by atoms with Crippen molar-refractivity contribution in [2.45, 2.75) is 0 Å². The third-order valence-corrected chi connectivity index (χ3v) is 2.85. The quantitative estimate of drug-likeness (QED) is 0.674. The van der Waals surface area contributed by atoms with Crippen LogP contribution in [0.25, 0.3) is 0 Å². The van der Waals surface area contributed by atoms with Gasteiger partial charge in [0, 0.05) is 13.1 Å². The normalized spacial score (nSPS) is 18.9. The van der Waals surface area contributed by atoms with Crippen LogP contribution in [0.15, 0.2) is 0 Å². The summed E-state index contributed by atoms with van der Waals surface area (Å²) in [6.07, 6.45) is 0. The van der Waals surface area contributed by atoms with Crippen LogP contribution in [-0.4, -0.2) is 47.7 Å². The molecule has 6 nitrogen and oxygen atoms in total. The van der Waals surface area contributed by atoms with Gasteiger partial charge in [-0.3, -0.25) is 14.6 Å². The molecule has 1 amide bonds. The minimum absolute atomic E-state index is 0.0508. The fraction of sp³-hybridized carbons (Fsp3) is 0.571. The second-order valence-electron chi connectivity index (χ2n) is 3.21. The monoisotopic (exact) mass is 213 g/mol. The Labute approximate surface area is 85.3 Å². The Morgan fingerprint density at radius 1 is 1.43 bits per heavy atom. The highest BCUT2D eigenvalue weighted by molar-refractivity contribution is 7.19. The van der Waals surface area contributed by atoms with Crippen molar-refractivity contribution in [1.29, 1.82) is 0 Å². The van der Waals surface area contributed by atoms with E-state index in [9.17, 15) is 4.79 Å². The Kier molecular flexibility index (Phi) is 2.34. The molecule has 2 heterocycles. The second kappa shape index (κ2) is 3.50. The van der Waals surface area contributed by atoms with Crippen molar-refractivity contribution in [3.05, 3.63) is 0 Å². The van der Waals surface area contributed by atoms with Gasteiger partial charge in [-0.25, -0.2) is 0 Å². The van der Waals surface area contributed by atoms with E-state index in [1.165, 1.54) is 11.3 Å². The van der Waals surface area contributed by atoms with Gasteiger partial charge in [-0.05, 0) is 7.05 Å². The Hall–Kier alpha value is -1.21. The van der Waals surface area contributed by atoms with E-state index in [1.807, 2.05) is 11.9 Å². The lowest BCUT2D eigenvalue weighted by atomic mass is 10.3. The molecule has 0 saturated carbocycles. The molecule has 0 aliphatic carbocycles. The van der Waals surface area contributed by atoms with Crippen molar-refractivity contribution in [2.24, 2.45) is 0 Å². The molecule has 0 atom stereocenters. The molecule has 1 aliphatic heterocycles. The molecule has 1 aromatic rings. The molecule has 1 fully saturated rings. The molecular formula is C7H11N5OS. The number of rotatable bonds is 1. The zero-order chi connectivity index (χ0) is 10.1. The largest absolute Gasteiger partial charge is 0.374 e. The van der Waals surface area contributed by atoms with Gasteiger partial charge in [0.25, 0.3) is 0 Å². The molecule has 7 heteroatoms. The zero-order valence-electron chi connectivity index (χ0n) is 7.80. The fourth-order valence-corrected chi connectivity index (χ4v) is 1.98. The summed E-state index contributed by atoms with van der Waals surface area (Å²) in [5.41, 5.74) is 5.45. The Morgan fingerprint density at radius 2 is 2.21 bits per heavy atom. The standard InChI is InChI=1S/C7H11N5OS/c1-11-2-3-12(5(13)4-11)7-10-9-6(8)14-7/h2-4H2,1H3,(H2,8,9). The van der Waals surface area contributed by atoms with Crippen molar-refractivity contribution < 1.29 is 4.79 Å². The number of likely N-dealkylation sites (N-methyl/N-ethyl adjacent to an activating group) is 1. The van der Waals surface area contributed by atoms with E-state index in [2.05, 4.69) is 10.2 Å². The Morgan fingerprint density at radius 3 is 2.79 bits per heavy atom. The molecular weight excluding hydrogens is 202 g/mol. The maximum absolute atomic E-state index is 11.6. The first-order chi connectivity index (χ1) is 6.66. The molecule has 0 spiro atoms. The minimum Gasteiger partial charge on any atom is -0.374 e. The molecule has 1 aromatic heterocycles. The van der Waals surface area contributed by atoms with Crippen molar-refractivity contribution in [1.82, 2.24) is 15.1 Å². The predicted octanol–water partition coefficient (Wildman–Crippen LogP) is -0.601. The Bertz CT molecular complexity index is 352. The number of aromatic nitrogens is 2. The lowest BCUT2D eigenvalue weighted by molar-refractivity contribution is -0.120. The summed E-state index contributed by atoms with van der Waals surface area (Å²) in [5, 5.41) is 8.52. The zero-order valence-corrected chi connectivity index (χ0v) is 8.62. The van der Waals surface area contributed by atoms with E-state index in [0.717, 1.165) is 6.54 Å². The van der Waals surface area contributed by atoms with Crippen LogP contribution in [0, 0.1) is 0 Å². The molecule has 76 valence electrons. The summed E-state index contributed by atoms with van der Waals surface area (Å²) in [6, 6.07) is 0. The average Bonchev–Trinajstić information content (AvgIpc) is 2.51. The minimum atomic E-state index is 0.0508. The second-order valence-corrected chi connectivity index (χ2v) is 4.19. The first-order valence-electron chi connectivity index (χ1n) is 4.24. The van der Waals surface area contributed by atoms with Crippen molar-refractivity contribution in [3.63, 3.8) is 0 Å². The highest BCUT2D eigenvalue weighted by Crippen LogP contribution is 2.22. The summed E-state index contributed by atoms with van der Waals surface area (Å²) >= 11 is 1.24. The third kappa shape index (κ3) is 1.68. The van der Waals surface area contributed by atoms with Gasteiger partial charge in [-0.2, -0.15) is 0 Å². The predicted molar refractivity (Wildman–Crippen MR) is 54.2 cm³/mol. The summed E-state index contributed by atoms with van der Waals surface area (Å²) in [6.45, 7) is 1.94. The van der Waals surface area contributed by atoms with Gasteiger partial charge in [0.1, 0.15) is 0 Å². The number of nitrogens with two attached hydrogens (primary N) is 1. The number of nitrogens with zero attached hydrogens (tertiary/aromatic N) is 4. The van der Waals surface area contributed by atoms with Gasteiger partial charge >= 0.3 is 0 Å². The van der Waals surface area contributed by atoms with Gasteiger partial charge < -0.3 is 5.73 Å². The summed E-state index contributed by atoms with van der Waals surface area (Å²) in [7, 11) is 1.92. The third-order valence-electron chi connectivity index (χ3n) is 2.07. The van der Waals surface area contributed by atoms with Crippen LogP contribution in [0.5, 0.6) is 0 Å². The molecule has 14 heavy (non-hydrogen) atoms. The van der Waals surface area contributed by atoms with E-state index in [4.69, 9.17) is 5.73 Å². The number of hydrogen-bond donors (Lipinski definition) is 1. The average molecular weight is 213 g/mol. The van der Waals surface area contributed by atoms with Crippen LogP contribution < -0.4 is 10.6 Å². The van der Waals surface area contributed by atoms with Crippen LogP contribution in [0.2, 0.25) is 0 Å². The SMILES string of the molecule is CN1CCN(c2nnc(N)s2)C(=O)C1. The highest BCUT2D eigenvalue weighted by Gasteiger charge is 2.25. The van der Waals surface area contributed by atoms with Crippen molar-refractivity contribution in [3.8, 4) is 0 Å². The van der Waals surface area contributed by atoms with E-state index in [1.54, 1.807) is 4.90 Å². The number of nitrogen functional groups attached to an aromatic ring is 1. The number of piperazine rings is 1. The number of hydrogen-bond acceptors (Lipinski definition) is 6. The van der Waals surface area contributed by atoms with E-state index in [0.29, 0.717) is 23.4 Å².